The highest BCUT2D eigenvalue weighted by Crippen LogP contribution is 2.32. The number of benzene rings is 1. The third-order valence-electron chi connectivity index (χ3n) is 3.10. The molecule has 0 fully saturated rings. The van der Waals surface area contributed by atoms with E-state index in [2.05, 4.69) is 54.9 Å². The second kappa shape index (κ2) is 6.29. The molecule has 2 N–H and O–H groups in total. The summed E-state index contributed by atoms with van der Waals surface area (Å²) in [5.41, 5.74) is 7.23. The van der Waals surface area contributed by atoms with Gasteiger partial charge in [0, 0.05) is 11.4 Å². The van der Waals surface area contributed by atoms with Crippen molar-refractivity contribution in [3.05, 3.63) is 50.6 Å². The van der Waals surface area contributed by atoms with Gasteiger partial charge in [-0.05, 0) is 51.2 Å². The van der Waals surface area contributed by atoms with E-state index in [1.807, 2.05) is 18.2 Å². The van der Waals surface area contributed by atoms with Crippen LogP contribution < -0.4 is 10.5 Å². The summed E-state index contributed by atoms with van der Waals surface area (Å²) in [6.07, 6.45) is -0.0958. The lowest BCUT2D eigenvalue weighted by atomic mass is 9.87. The summed E-state index contributed by atoms with van der Waals surface area (Å²) in [5, 5.41) is 0. The minimum Gasteiger partial charge on any atom is -0.484 e. The highest BCUT2D eigenvalue weighted by Gasteiger charge is 2.17. The lowest BCUT2D eigenvalue weighted by Gasteiger charge is -2.21. The number of hydrogen-bond acceptors (Lipinski definition) is 3. The van der Waals surface area contributed by atoms with Gasteiger partial charge in [0.1, 0.15) is 11.9 Å². The Morgan fingerprint density at radius 1 is 1.25 bits per heavy atom. The second-order valence-electron chi connectivity index (χ2n) is 5.76. The molecule has 1 aromatic carbocycles. The van der Waals surface area contributed by atoms with Crippen LogP contribution in [0.1, 0.15) is 37.3 Å². The Balaban J connectivity index is 2.20. The summed E-state index contributed by atoms with van der Waals surface area (Å²) < 4.78 is 7.16. The number of hydrogen-bond donors (Lipinski definition) is 1. The van der Waals surface area contributed by atoms with Crippen LogP contribution >= 0.6 is 27.3 Å². The summed E-state index contributed by atoms with van der Waals surface area (Å²) in [4.78, 5) is 1.14. The molecule has 2 aromatic rings. The molecule has 0 saturated carbocycles. The monoisotopic (exact) mass is 353 g/mol. The smallest absolute Gasteiger partial charge is 0.145 e. The van der Waals surface area contributed by atoms with E-state index in [1.165, 1.54) is 5.56 Å². The predicted molar refractivity (Wildman–Crippen MR) is 89.6 cm³/mol. The molecule has 20 heavy (non-hydrogen) atoms. The van der Waals surface area contributed by atoms with Crippen molar-refractivity contribution in [3.63, 3.8) is 0 Å². The van der Waals surface area contributed by atoms with Crippen molar-refractivity contribution >= 4 is 27.3 Å². The molecule has 0 radical (unpaired) electrons. The van der Waals surface area contributed by atoms with E-state index in [1.54, 1.807) is 11.3 Å². The molecular weight excluding hydrogens is 334 g/mol. The Hall–Kier alpha value is -0.840. The van der Waals surface area contributed by atoms with Crippen LogP contribution in [0.15, 0.2) is 40.2 Å². The zero-order chi connectivity index (χ0) is 14.8. The molecule has 2 rings (SSSR count). The lowest BCUT2D eigenvalue weighted by Crippen LogP contribution is -2.18. The van der Waals surface area contributed by atoms with Crippen LogP contribution in [0.3, 0.4) is 0 Å². The van der Waals surface area contributed by atoms with Gasteiger partial charge in [-0.3, -0.25) is 0 Å². The van der Waals surface area contributed by atoms with E-state index in [0.717, 1.165) is 14.4 Å². The van der Waals surface area contributed by atoms with Crippen molar-refractivity contribution in [1.82, 2.24) is 0 Å². The van der Waals surface area contributed by atoms with Crippen LogP contribution in [-0.4, -0.2) is 6.54 Å². The molecule has 4 heteroatoms. The fourth-order valence-electron chi connectivity index (χ4n) is 1.92. The summed E-state index contributed by atoms with van der Waals surface area (Å²) in [7, 11) is 0. The van der Waals surface area contributed by atoms with Gasteiger partial charge in [0.15, 0.2) is 0 Å². The van der Waals surface area contributed by atoms with Gasteiger partial charge >= 0.3 is 0 Å². The summed E-state index contributed by atoms with van der Waals surface area (Å²) in [5.74, 6) is 0.873. The van der Waals surface area contributed by atoms with Crippen LogP contribution in [0.2, 0.25) is 0 Å². The van der Waals surface area contributed by atoms with Crippen LogP contribution in [0, 0.1) is 0 Å². The largest absolute Gasteiger partial charge is 0.484 e. The van der Waals surface area contributed by atoms with Crippen molar-refractivity contribution in [2.24, 2.45) is 5.73 Å². The van der Waals surface area contributed by atoms with E-state index in [-0.39, 0.29) is 11.5 Å². The molecule has 1 unspecified atom stereocenters. The third-order valence-corrected chi connectivity index (χ3v) is 4.82. The van der Waals surface area contributed by atoms with Gasteiger partial charge in [-0.1, -0.05) is 32.9 Å². The minimum absolute atomic E-state index is 0.0958. The van der Waals surface area contributed by atoms with Gasteiger partial charge in [-0.25, -0.2) is 0 Å². The van der Waals surface area contributed by atoms with E-state index in [0.29, 0.717) is 6.54 Å². The highest BCUT2D eigenvalue weighted by atomic mass is 79.9. The first-order chi connectivity index (χ1) is 9.40. The average Bonchev–Trinajstić information content (AvgIpc) is 2.82. The first-order valence-corrected chi connectivity index (χ1v) is 8.23. The van der Waals surface area contributed by atoms with E-state index >= 15 is 0 Å². The van der Waals surface area contributed by atoms with Gasteiger partial charge in [0.25, 0.3) is 0 Å². The third kappa shape index (κ3) is 3.84. The van der Waals surface area contributed by atoms with Gasteiger partial charge in [0.05, 0.1) is 3.79 Å². The molecule has 1 aromatic heterocycles. The molecule has 0 aliphatic heterocycles. The number of halogens is 1. The maximum Gasteiger partial charge on any atom is 0.145 e. The maximum atomic E-state index is 6.06. The Morgan fingerprint density at radius 3 is 2.55 bits per heavy atom. The fourth-order valence-corrected chi connectivity index (χ4v) is 3.39. The topological polar surface area (TPSA) is 35.2 Å². The minimum atomic E-state index is -0.0958. The highest BCUT2D eigenvalue weighted by molar-refractivity contribution is 9.11. The molecule has 0 aliphatic rings. The molecule has 0 spiro atoms. The Morgan fingerprint density at radius 2 is 2.00 bits per heavy atom. The molecule has 0 saturated heterocycles. The second-order valence-corrected chi connectivity index (χ2v) is 8.26. The van der Waals surface area contributed by atoms with Crippen LogP contribution in [0.25, 0.3) is 0 Å². The Kier molecular flexibility index (Phi) is 4.89. The summed E-state index contributed by atoms with van der Waals surface area (Å²) in [6, 6.07) is 12.3. The predicted octanol–water partition coefficient (Wildman–Crippen LogP) is 4.89. The van der Waals surface area contributed by atoms with Crippen molar-refractivity contribution in [2.75, 3.05) is 6.54 Å². The average molecular weight is 354 g/mol. The van der Waals surface area contributed by atoms with Crippen molar-refractivity contribution in [3.8, 4) is 5.75 Å². The molecule has 108 valence electrons. The Bertz CT molecular complexity index is 574. The molecule has 0 bridgehead atoms. The molecule has 0 amide bonds. The fraction of sp³-hybridized carbons (Fsp3) is 0.375. The first-order valence-electron chi connectivity index (χ1n) is 6.62. The van der Waals surface area contributed by atoms with Gasteiger partial charge in [-0.2, -0.15) is 0 Å². The van der Waals surface area contributed by atoms with E-state index in [9.17, 15) is 0 Å². The van der Waals surface area contributed by atoms with Crippen LogP contribution in [-0.2, 0) is 5.41 Å². The van der Waals surface area contributed by atoms with Crippen molar-refractivity contribution < 1.29 is 4.74 Å². The molecular formula is C16H20BrNOS. The standard InChI is InChI=1S/C16H20BrNOS/c1-16(2,3)11-5-4-6-12(9-11)19-13(10-18)14-7-8-15(17)20-14/h4-9,13H,10,18H2,1-3H3. The Labute approximate surface area is 133 Å². The molecule has 0 aliphatic carbocycles. The zero-order valence-electron chi connectivity index (χ0n) is 12.0. The maximum absolute atomic E-state index is 6.06. The quantitative estimate of drug-likeness (QED) is 0.849. The van der Waals surface area contributed by atoms with Crippen LogP contribution in [0.5, 0.6) is 5.75 Å². The van der Waals surface area contributed by atoms with Gasteiger partial charge in [0.2, 0.25) is 0 Å². The molecule has 1 atom stereocenters. The van der Waals surface area contributed by atoms with E-state index in [4.69, 9.17) is 10.5 Å². The van der Waals surface area contributed by atoms with Gasteiger partial charge in [-0.15, -0.1) is 11.3 Å². The lowest BCUT2D eigenvalue weighted by molar-refractivity contribution is 0.217. The molecule has 1 heterocycles. The number of thiophene rings is 1. The normalized spacial score (nSPS) is 13.2. The SMILES string of the molecule is CC(C)(C)c1cccc(OC(CN)c2ccc(Br)s2)c1. The number of rotatable bonds is 4. The van der Waals surface area contributed by atoms with Crippen molar-refractivity contribution in [1.29, 1.82) is 0 Å². The number of ether oxygens (including phenoxy) is 1. The van der Waals surface area contributed by atoms with Crippen molar-refractivity contribution in [2.45, 2.75) is 32.3 Å². The van der Waals surface area contributed by atoms with Crippen LogP contribution in [0.4, 0.5) is 0 Å². The van der Waals surface area contributed by atoms with Gasteiger partial charge < -0.3 is 10.5 Å². The number of nitrogens with two attached hydrogens (primary N) is 1. The molecule has 2 nitrogen and oxygen atoms in total. The van der Waals surface area contributed by atoms with E-state index < -0.39 is 0 Å². The summed E-state index contributed by atoms with van der Waals surface area (Å²) in [6.45, 7) is 7.06. The zero-order valence-corrected chi connectivity index (χ0v) is 14.4. The summed E-state index contributed by atoms with van der Waals surface area (Å²) >= 11 is 5.14. The first kappa shape index (κ1) is 15.5.